The molecule has 150 valence electrons. The molecule has 1 heterocycles. The smallest absolute Gasteiger partial charge is 0.267 e. The highest BCUT2D eigenvalue weighted by Crippen LogP contribution is 2.31. The first-order valence-electron chi connectivity index (χ1n) is 8.78. The number of aromatic nitrogens is 2. The molecule has 1 aromatic heterocycles. The van der Waals surface area contributed by atoms with Crippen LogP contribution in [0.2, 0.25) is 0 Å². The second-order valence-electron chi connectivity index (χ2n) is 6.06. The van der Waals surface area contributed by atoms with Crippen LogP contribution in [0.4, 0.5) is 5.69 Å². The minimum atomic E-state index is -0.372. The molecule has 0 aliphatic heterocycles. The fourth-order valence-corrected chi connectivity index (χ4v) is 3.14. The van der Waals surface area contributed by atoms with Gasteiger partial charge < -0.3 is 14.8 Å². The van der Waals surface area contributed by atoms with Gasteiger partial charge in [-0.05, 0) is 54.8 Å². The van der Waals surface area contributed by atoms with Crippen LogP contribution in [0, 0.1) is 0 Å². The Kier molecular flexibility index (Phi) is 6.56. The number of carbonyl (C=O) groups excluding carboxylic acids is 1. The number of hydrogen-bond donors (Lipinski definition) is 1. The molecule has 0 fully saturated rings. The normalized spacial score (nSPS) is 10.4. The molecule has 0 aliphatic rings. The SMILES string of the molecule is COc1ccc(OC)c(-c2ccc(=O)n(CC(=O)Nc3ccc(SC)cc3)n2)c1. The van der Waals surface area contributed by atoms with Crippen molar-refractivity contribution in [3.8, 4) is 22.8 Å². The van der Waals surface area contributed by atoms with Crippen molar-refractivity contribution in [3.63, 3.8) is 0 Å². The predicted octanol–water partition coefficient (Wildman–Crippen LogP) is 3.29. The molecule has 3 aromatic rings. The van der Waals surface area contributed by atoms with Crippen molar-refractivity contribution >= 4 is 23.4 Å². The van der Waals surface area contributed by atoms with Crippen LogP contribution in [0.25, 0.3) is 11.3 Å². The number of nitrogens with one attached hydrogen (secondary N) is 1. The maximum absolute atomic E-state index is 12.4. The van der Waals surface area contributed by atoms with Crippen molar-refractivity contribution in [3.05, 3.63) is 65.0 Å². The number of thioether (sulfide) groups is 1. The van der Waals surface area contributed by atoms with Crippen LogP contribution in [0.15, 0.2) is 64.3 Å². The molecule has 0 radical (unpaired) electrons. The highest BCUT2D eigenvalue weighted by atomic mass is 32.2. The van der Waals surface area contributed by atoms with Crippen molar-refractivity contribution < 1.29 is 14.3 Å². The summed E-state index contributed by atoms with van der Waals surface area (Å²) in [5.74, 6) is 0.875. The average molecular weight is 411 g/mol. The van der Waals surface area contributed by atoms with E-state index in [2.05, 4.69) is 10.4 Å². The first-order chi connectivity index (χ1) is 14.0. The maximum Gasteiger partial charge on any atom is 0.267 e. The van der Waals surface area contributed by atoms with Gasteiger partial charge in [-0.2, -0.15) is 5.10 Å². The zero-order chi connectivity index (χ0) is 20.8. The number of ether oxygens (including phenoxy) is 2. The minimum absolute atomic E-state index is 0.205. The lowest BCUT2D eigenvalue weighted by Crippen LogP contribution is -2.29. The molecule has 1 N–H and O–H groups in total. The molecule has 0 saturated heterocycles. The molecule has 0 saturated carbocycles. The molecule has 7 nitrogen and oxygen atoms in total. The van der Waals surface area contributed by atoms with E-state index < -0.39 is 0 Å². The van der Waals surface area contributed by atoms with E-state index in [4.69, 9.17) is 9.47 Å². The van der Waals surface area contributed by atoms with E-state index in [-0.39, 0.29) is 18.0 Å². The third-order valence-electron chi connectivity index (χ3n) is 4.22. The molecular weight excluding hydrogens is 390 g/mol. The van der Waals surface area contributed by atoms with Gasteiger partial charge in [0.25, 0.3) is 5.56 Å². The lowest BCUT2D eigenvalue weighted by atomic mass is 10.1. The van der Waals surface area contributed by atoms with Gasteiger partial charge in [0.15, 0.2) is 0 Å². The Morgan fingerprint density at radius 2 is 1.83 bits per heavy atom. The standard InChI is InChI=1S/C21H21N3O4S/c1-27-15-6-10-19(28-2)17(12-15)18-9-11-21(26)24(23-18)13-20(25)22-14-4-7-16(29-3)8-5-14/h4-12H,13H2,1-3H3,(H,22,25). The summed E-state index contributed by atoms with van der Waals surface area (Å²) in [7, 11) is 3.12. The fourth-order valence-electron chi connectivity index (χ4n) is 2.73. The lowest BCUT2D eigenvalue weighted by molar-refractivity contribution is -0.117. The number of hydrogen-bond acceptors (Lipinski definition) is 6. The topological polar surface area (TPSA) is 82.5 Å². The van der Waals surface area contributed by atoms with Gasteiger partial charge in [-0.25, -0.2) is 4.68 Å². The largest absolute Gasteiger partial charge is 0.497 e. The van der Waals surface area contributed by atoms with Gasteiger partial charge in [-0.1, -0.05) is 0 Å². The molecule has 0 unspecified atom stereocenters. The zero-order valence-electron chi connectivity index (χ0n) is 16.3. The molecular formula is C21H21N3O4S. The first kappa shape index (κ1) is 20.5. The summed E-state index contributed by atoms with van der Waals surface area (Å²) in [4.78, 5) is 25.7. The number of rotatable bonds is 7. The summed E-state index contributed by atoms with van der Waals surface area (Å²) in [6.45, 7) is -0.205. The zero-order valence-corrected chi connectivity index (χ0v) is 17.2. The summed E-state index contributed by atoms with van der Waals surface area (Å²) in [5, 5.41) is 7.12. The monoisotopic (exact) mass is 411 g/mol. The number of methoxy groups -OCH3 is 2. The van der Waals surface area contributed by atoms with Crippen LogP contribution in [0.5, 0.6) is 11.5 Å². The van der Waals surface area contributed by atoms with Gasteiger partial charge in [0.05, 0.1) is 19.9 Å². The van der Waals surface area contributed by atoms with E-state index in [0.717, 1.165) is 9.58 Å². The van der Waals surface area contributed by atoms with Crippen LogP contribution in [0.3, 0.4) is 0 Å². The predicted molar refractivity (Wildman–Crippen MR) is 114 cm³/mol. The molecule has 0 spiro atoms. The van der Waals surface area contributed by atoms with E-state index in [9.17, 15) is 9.59 Å². The van der Waals surface area contributed by atoms with Crippen molar-refractivity contribution in [1.29, 1.82) is 0 Å². The quantitative estimate of drug-likeness (QED) is 0.601. The van der Waals surface area contributed by atoms with E-state index in [1.165, 1.54) is 6.07 Å². The van der Waals surface area contributed by atoms with Crippen LogP contribution in [0.1, 0.15) is 0 Å². The molecule has 3 rings (SSSR count). The fraction of sp³-hybridized carbons (Fsp3) is 0.190. The number of anilines is 1. The lowest BCUT2D eigenvalue weighted by Gasteiger charge is -2.12. The molecule has 1 amide bonds. The Bertz CT molecular complexity index is 1060. The average Bonchev–Trinajstić information content (AvgIpc) is 2.75. The molecule has 29 heavy (non-hydrogen) atoms. The number of nitrogens with zero attached hydrogens (tertiary/aromatic N) is 2. The third-order valence-corrected chi connectivity index (χ3v) is 4.96. The maximum atomic E-state index is 12.4. The summed E-state index contributed by atoms with van der Waals surface area (Å²) >= 11 is 1.62. The van der Waals surface area contributed by atoms with Gasteiger partial charge in [-0.3, -0.25) is 9.59 Å². The van der Waals surface area contributed by atoms with Crippen molar-refractivity contribution in [2.75, 3.05) is 25.8 Å². The Hall–Kier alpha value is -3.26. The third kappa shape index (κ3) is 4.97. The second kappa shape index (κ2) is 9.29. The van der Waals surface area contributed by atoms with Gasteiger partial charge in [0.2, 0.25) is 5.91 Å². The summed E-state index contributed by atoms with van der Waals surface area (Å²) in [6, 6.07) is 15.7. The minimum Gasteiger partial charge on any atom is -0.497 e. The van der Waals surface area contributed by atoms with Gasteiger partial charge in [-0.15, -0.1) is 11.8 Å². The second-order valence-corrected chi connectivity index (χ2v) is 6.94. The van der Waals surface area contributed by atoms with Crippen LogP contribution < -0.4 is 20.3 Å². The summed E-state index contributed by atoms with van der Waals surface area (Å²) < 4.78 is 11.8. The van der Waals surface area contributed by atoms with Gasteiger partial charge in [0.1, 0.15) is 18.0 Å². The molecule has 2 aromatic carbocycles. The van der Waals surface area contributed by atoms with E-state index in [0.29, 0.717) is 28.4 Å². The number of amides is 1. The van der Waals surface area contributed by atoms with Gasteiger partial charge in [0, 0.05) is 22.2 Å². The number of benzene rings is 2. The number of carbonyl (C=O) groups is 1. The molecule has 8 heteroatoms. The summed E-state index contributed by atoms with van der Waals surface area (Å²) in [6.07, 6.45) is 1.98. The highest BCUT2D eigenvalue weighted by molar-refractivity contribution is 7.98. The van der Waals surface area contributed by atoms with Crippen LogP contribution in [-0.2, 0) is 11.3 Å². The Labute approximate surface area is 172 Å². The van der Waals surface area contributed by atoms with E-state index in [1.54, 1.807) is 50.2 Å². The molecule has 0 bridgehead atoms. The van der Waals surface area contributed by atoms with Crippen LogP contribution in [-0.4, -0.2) is 36.2 Å². The van der Waals surface area contributed by atoms with E-state index in [1.807, 2.05) is 30.5 Å². The molecule has 0 aliphatic carbocycles. The van der Waals surface area contributed by atoms with Gasteiger partial charge >= 0.3 is 0 Å². The highest BCUT2D eigenvalue weighted by Gasteiger charge is 2.13. The molecule has 0 atom stereocenters. The van der Waals surface area contributed by atoms with E-state index >= 15 is 0 Å². The van der Waals surface area contributed by atoms with Crippen molar-refractivity contribution in [2.24, 2.45) is 0 Å². The Morgan fingerprint density at radius 1 is 1.07 bits per heavy atom. The van der Waals surface area contributed by atoms with Crippen molar-refractivity contribution in [1.82, 2.24) is 9.78 Å². The Morgan fingerprint density at radius 3 is 2.48 bits per heavy atom. The van der Waals surface area contributed by atoms with Crippen LogP contribution >= 0.6 is 11.8 Å². The summed E-state index contributed by atoms with van der Waals surface area (Å²) in [5.41, 5.74) is 1.45. The first-order valence-corrected chi connectivity index (χ1v) is 10.0. The van der Waals surface area contributed by atoms with Crippen molar-refractivity contribution in [2.45, 2.75) is 11.4 Å². The Balaban J connectivity index is 1.84.